The van der Waals surface area contributed by atoms with Gasteiger partial charge in [-0.3, -0.25) is 4.79 Å². The molecule has 0 bridgehead atoms. The summed E-state index contributed by atoms with van der Waals surface area (Å²) in [7, 11) is 0. The molecular weight excluding hydrogens is 334 g/mol. The third-order valence-electron chi connectivity index (χ3n) is 4.93. The quantitative estimate of drug-likeness (QED) is 0.753. The van der Waals surface area contributed by atoms with Crippen LogP contribution < -0.4 is 11.1 Å². The molecule has 0 spiro atoms. The first-order valence-corrected chi connectivity index (χ1v) is 9.35. The number of aryl methyl sites for hydroxylation is 2. The minimum absolute atomic E-state index is 0.117. The van der Waals surface area contributed by atoms with Gasteiger partial charge in [-0.1, -0.05) is 12.1 Å². The first-order valence-electron chi connectivity index (χ1n) is 8.53. The van der Waals surface area contributed by atoms with Gasteiger partial charge in [-0.05, 0) is 43.9 Å². The zero-order chi connectivity index (χ0) is 17.6. The van der Waals surface area contributed by atoms with Crippen LogP contribution in [0, 0.1) is 13.8 Å². The van der Waals surface area contributed by atoms with Gasteiger partial charge in [0.05, 0.1) is 17.3 Å². The van der Waals surface area contributed by atoms with Crippen molar-refractivity contribution in [3.05, 3.63) is 34.2 Å². The number of aromatic nitrogens is 1. The van der Waals surface area contributed by atoms with Gasteiger partial charge in [-0.25, -0.2) is 4.98 Å². The monoisotopic (exact) mass is 355 g/mol. The van der Waals surface area contributed by atoms with Crippen molar-refractivity contribution in [3.63, 3.8) is 0 Å². The Morgan fingerprint density at radius 1 is 1.44 bits per heavy atom. The van der Waals surface area contributed by atoms with Crippen LogP contribution in [0.2, 0.25) is 0 Å². The number of thiophene rings is 1. The topological polar surface area (TPSA) is 77.2 Å². The van der Waals surface area contributed by atoms with Crippen LogP contribution >= 0.6 is 11.3 Å². The number of anilines is 1. The summed E-state index contributed by atoms with van der Waals surface area (Å²) in [6.07, 6.45) is 2.17. The summed E-state index contributed by atoms with van der Waals surface area (Å²) in [5.74, 6) is -0.145. The van der Waals surface area contributed by atoms with Gasteiger partial charge in [0.25, 0.3) is 5.91 Å². The van der Waals surface area contributed by atoms with Gasteiger partial charge in [0.2, 0.25) is 0 Å². The van der Waals surface area contributed by atoms with Gasteiger partial charge >= 0.3 is 0 Å². The Labute approximate surface area is 150 Å². The lowest BCUT2D eigenvalue weighted by Crippen LogP contribution is -2.31. The second-order valence-corrected chi connectivity index (χ2v) is 7.61. The number of benzene rings is 1. The SMILES string of the molecule is Cc1ccc2cc3c(N)c(C(=O)NC[C@H]4CCCO4)sc3nc2c1C. The molecule has 130 valence electrons. The normalized spacial score (nSPS) is 17.4. The maximum atomic E-state index is 12.5. The average molecular weight is 355 g/mol. The summed E-state index contributed by atoms with van der Waals surface area (Å²) in [5, 5.41) is 4.84. The Morgan fingerprint density at radius 3 is 3.04 bits per heavy atom. The van der Waals surface area contributed by atoms with Crippen molar-refractivity contribution in [2.75, 3.05) is 18.9 Å². The molecule has 1 aliphatic rings. The number of hydrogen-bond acceptors (Lipinski definition) is 5. The lowest BCUT2D eigenvalue weighted by Gasteiger charge is -2.10. The van der Waals surface area contributed by atoms with Crippen LogP contribution in [-0.4, -0.2) is 30.1 Å². The van der Waals surface area contributed by atoms with E-state index >= 15 is 0 Å². The van der Waals surface area contributed by atoms with Gasteiger partial charge in [0.15, 0.2) is 0 Å². The molecule has 0 saturated carbocycles. The number of nitrogens with one attached hydrogen (secondary N) is 1. The van der Waals surface area contributed by atoms with Crippen LogP contribution in [0.15, 0.2) is 18.2 Å². The van der Waals surface area contributed by atoms with E-state index in [2.05, 4.69) is 31.3 Å². The minimum Gasteiger partial charge on any atom is -0.397 e. The van der Waals surface area contributed by atoms with Crippen LogP contribution in [-0.2, 0) is 4.74 Å². The highest BCUT2D eigenvalue weighted by Gasteiger charge is 2.21. The Bertz CT molecular complexity index is 974. The van der Waals surface area contributed by atoms with Crippen LogP contribution in [0.5, 0.6) is 0 Å². The van der Waals surface area contributed by atoms with E-state index in [-0.39, 0.29) is 12.0 Å². The number of nitrogen functional groups attached to an aromatic ring is 1. The molecule has 3 N–H and O–H groups in total. The van der Waals surface area contributed by atoms with E-state index in [9.17, 15) is 4.79 Å². The fourth-order valence-electron chi connectivity index (χ4n) is 3.27. The van der Waals surface area contributed by atoms with Gasteiger partial charge in [-0.2, -0.15) is 0 Å². The van der Waals surface area contributed by atoms with Crippen molar-refractivity contribution in [3.8, 4) is 0 Å². The lowest BCUT2D eigenvalue weighted by molar-refractivity contribution is 0.0862. The Kier molecular flexibility index (Phi) is 4.09. The molecule has 0 aliphatic carbocycles. The van der Waals surface area contributed by atoms with Crippen LogP contribution in [0.1, 0.15) is 33.6 Å². The van der Waals surface area contributed by atoms with Crippen molar-refractivity contribution >= 4 is 44.1 Å². The Hall–Kier alpha value is -2.18. The highest BCUT2D eigenvalue weighted by atomic mass is 32.1. The zero-order valence-electron chi connectivity index (χ0n) is 14.4. The van der Waals surface area contributed by atoms with Crippen LogP contribution in [0.25, 0.3) is 21.1 Å². The fourth-order valence-corrected chi connectivity index (χ4v) is 4.27. The predicted octanol–water partition coefficient (Wildman–Crippen LogP) is 3.56. The van der Waals surface area contributed by atoms with Crippen molar-refractivity contribution in [2.45, 2.75) is 32.8 Å². The van der Waals surface area contributed by atoms with E-state index in [1.807, 2.05) is 6.07 Å². The highest BCUT2D eigenvalue weighted by Crippen LogP contribution is 2.35. The van der Waals surface area contributed by atoms with Gasteiger partial charge in [0, 0.05) is 23.9 Å². The largest absolute Gasteiger partial charge is 0.397 e. The third kappa shape index (κ3) is 2.85. The number of ether oxygens (including phenoxy) is 1. The summed E-state index contributed by atoms with van der Waals surface area (Å²) in [4.78, 5) is 18.7. The van der Waals surface area contributed by atoms with E-state index in [0.29, 0.717) is 17.1 Å². The molecule has 1 aliphatic heterocycles. The summed E-state index contributed by atoms with van der Waals surface area (Å²) >= 11 is 1.35. The number of rotatable bonds is 3. The second kappa shape index (κ2) is 6.28. The smallest absolute Gasteiger partial charge is 0.263 e. The Morgan fingerprint density at radius 2 is 2.28 bits per heavy atom. The maximum absolute atomic E-state index is 12.5. The molecule has 1 saturated heterocycles. The van der Waals surface area contributed by atoms with E-state index < -0.39 is 0 Å². The first-order chi connectivity index (χ1) is 12.0. The summed E-state index contributed by atoms with van der Waals surface area (Å²) in [6, 6.07) is 6.17. The maximum Gasteiger partial charge on any atom is 0.263 e. The number of carbonyl (C=O) groups is 1. The predicted molar refractivity (Wildman–Crippen MR) is 102 cm³/mol. The van der Waals surface area contributed by atoms with E-state index in [1.165, 1.54) is 16.9 Å². The molecule has 3 aromatic rings. The summed E-state index contributed by atoms with van der Waals surface area (Å²) < 4.78 is 5.55. The first kappa shape index (κ1) is 16.3. The van der Waals surface area contributed by atoms with E-state index in [4.69, 9.17) is 15.5 Å². The van der Waals surface area contributed by atoms with E-state index in [0.717, 1.165) is 46.1 Å². The Balaban J connectivity index is 1.69. The average Bonchev–Trinajstić information content (AvgIpc) is 3.23. The molecule has 5 nitrogen and oxygen atoms in total. The van der Waals surface area contributed by atoms with Crippen molar-refractivity contribution in [2.24, 2.45) is 0 Å². The number of carbonyl (C=O) groups excluding carboxylic acids is 1. The summed E-state index contributed by atoms with van der Waals surface area (Å²) in [5.41, 5.74) is 10.1. The third-order valence-corrected chi connectivity index (χ3v) is 6.04. The molecule has 1 aromatic carbocycles. The fraction of sp³-hybridized carbons (Fsp3) is 0.368. The van der Waals surface area contributed by atoms with Gasteiger partial charge < -0.3 is 15.8 Å². The number of nitrogens with two attached hydrogens (primary N) is 1. The summed E-state index contributed by atoms with van der Waals surface area (Å²) in [6.45, 7) is 5.46. The molecule has 1 fully saturated rings. The number of nitrogens with zero attached hydrogens (tertiary/aromatic N) is 1. The van der Waals surface area contributed by atoms with Gasteiger partial charge in [0.1, 0.15) is 9.71 Å². The molecule has 0 radical (unpaired) electrons. The highest BCUT2D eigenvalue weighted by molar-refractivity contribution is 7.21. The molecule has 0 unspecified atom stereocenters. The van der Waals surface area contributed by atoms with E-state index in [1.54, 1.807) is 0 Å². The van der Waals surface area contributed by atoms with Crippen molar-refractivity contribution in [1.82, 2.24) is 10.3 Å². The van der Waals surface area contributed by atoms with Crippen molar-refractivity contribution < 1.29 is 9.53 Å². The minimum atomic E-state index is -0.145. The molecule has 3 heterocycles. The molecule has 25 heavy (non-hydrogen) atoms. The molecular formula is C19H21N3O2S. The number of pyridine rings is 1. The number of amides is 1. The lowest BCUT2D eigenvalue weighted by atomic mass is 10.0. The molecule has 2 aromatic heterocycles. The molecule has 1 atom stereocenters. The van der Waals surface area contributed by atoms with Gasteiger partial charge in [-0.15, -0.1) is 11.3 Å². The van der Waals surface area contributed by atoms with Crippen molar-refractivity contribution in [1.29, 1.82) is 0 Å². The molecule has 4 rings (SSSR count). The number of fused-ring (bicyclic) bond motifs is 2. The molecule has 6 heteroatoms. The molecule has 1 amide bonds. The van der Waals surface area contributed by atoms with Crippen LogP contribution in [0.3, 0.4) is 0 Å². The van der Waals surface area contributed by atoms with Crippen LogP contribution in [0.4, 0.5) is 5.69 Å². The second-order valence-electron chi connectivity index (χ2n) is 6.61. The number of hydrogen-bond donors (Lipinski definition) is 2. The standard InChI is InChI=1S/C19H21N3O2S/c1-10-5-6-12-8-14-15(20)17(25-19(14)22-16(12)11(10)2)18(23)21-9-13-4-3-7-24-13/h5-6,8,13H,3-4,7,9,20H2,1-2H3,(H,21,23)/t13-/m1/s1. The zero-order valence-corrected chi connectivity index (χ0v) is 15.2.